The minimum Gasteiger partial charge on any atom is -0.469 e. The van der Waals surface area contributed by atoms with Crippen LogP contribution in [-0.4, -0.2) is 35.6 Å². The number of aromatic nitrogens is 2. The Morgan fingerprint density at radius 2 is 2.09 bits per heavy atom. The van der Waals surface area contributed by atoms with Gasteiger partial charge in [-0.25, -0.2) is 4.52 Å². The number of methoxy groups -OCH3 is 2. The summed E-state index contributed by atoms with van der Waals surface area (Å²) in [5, 5.41) is 4.85. The lowest BCUT2D eigenvalue weighted by molar-refractivity contribution is -0.141. The SMILES string of the molecule is COCc1nn2cc(Cl)ccc2c1C(=O)C(C)CC(=O)OC. The van der Waals surface area contributed by atoms with Gasteiger partial charge >= 0.3 is 5.97 Å². The maximum Gasteiger partial charge on any atom is 0.306 e. The Morgan fingerprint density at radius 1 is 1.36 bits per heavy atom. The number of carbonyl (C=O) groups excluding carboxylic acids is 2. The predicted molar refractivity (Wildman–Crippen MR) is 81.0 cm³/mol. The van der Waals surface area contributed by atoms with Crippen molar-refractivity contribution in [1.29, 1.82) is 0 Å². The maximum atomic E-state index is 12.7. The molecule has 2 aromatic heterocycles. The lowest BCUT2D eigenvalue weighted by atomic mass is 9.95. The first-order valence-corrected chi connectivity index (χ1v) is 7.12. The van der Waals surface area contributed by atoms with Crippen molar-refractivity contribution in [2.45, 2.75) is 20.0 Å². The number of nitrogens with zero attached hydrogens (tertiary/aromatic N) is 2. The van der Waals surface area contributed by atoms with Crippen molar-refractivity contribution in [3.8, 4) is 0 Å². The molecule has 0 fully saturated rings. The van der Waals surface area contributed by atoms with Gasteiger partial charge in [0.25, 0.3) is 0 Å². The van der Waals surface area contributed by atoms with Gasteiger partial charge in [0.15, 0.2) is 5.78 Å². The molecule has 0 aromatic carbocycles. The summed E-state index contributed by atoms with van der Waals surface area (Å²) in [6.45, 7) is 1.89. The van der Waals surface area contributed by atoms with Gasteiger partial charge in [-0.15, -0.1) is 0 Å². The molecule has 0 aliphatic heterocycles. The molecule has 0 bridgehead atoms. The van der Waals surface area contributed by atoms with Gasteiger partial charge < -0.3 is 9.47 Å². The van der Waals surface area contributed by atoms with Crippen LogP contribution in [0.25, 0.3) is 5.52 Å². The zero-order valence-electron chi connectivity index (χ0n) is 12.6. The number of Topliss-reactive ketones (excluding diaryl/α,β-unsaturated/α-hetero) is 1. The van der Waals surface area contributed by atoms with E-state index in [4.69, 9.17) is 16.3 Å². The number of hydrogen-bond acceptors (Lipinski definition) is 5. The lowest BCUT2D eigenvalue weighted by Crippen LogP contribution is -2.17. The Kier molecular flexibility index (Phi) is 5.15. The van der Waals surface area contributed by atoms with Gasteiger partial charge in [0, 0.05) is 19.2 Å². The molecule has 0 N–H and O–H groups in total. The maximum absolute atomic E-state index is 12.7. The van der Waals surface area contributed by atoms with Crippen LogP contribution in [0.4, 0.5) is 0 Å². The van der Waals surface area contributed by atoms with Crippen LogP contribution < -0.4 is 0 Å². The van der Waals surface area contributed by atoms with Crippen molar-refractivity contribution in [2.75, 3.05) is 14.2 Å². The van der Waals surface area contributed by atoms with Crippen molar-refractivity contribution >= 4 is 28.9 Å². The van der Waals surface area contributed by atoms with E-state index >= 15 is 0 Å². The third-order valence-corrected chi connectivity index (χ3v) is 3.57. The summed E-state index contributed by atoms with van der Waals surface area (Å²) in [5.41, 5.74) is 1.61. The van der Waals surface area contributed by atoms with E-state index in [1.54, 1.807) is 29.8 Å². The van der Waals surface area contributed by atoms with Gasteiger partial charge in [-0.05, 0) is 12.1 Å². The second-order valence-electron chi connectivity index (χ2n) is 4.98. The van der Waals surface area contributed by atoms with E-state index in [2.05, 4.69) is 9.84 Å². The summed E-state index contributed by atoms with van der Waals surface area (Å²) < 4.78 is 11.3. The van der Waals surface area contributed by atoms with Gasteiger partial charge in [0.1, 0.15) is 0 Å². The highest BCUT2D eigenvalue weighted by Crippen LogP contribution is 2.23. The molecule has 0 saturated heterocycles. The van der Waals surface area contributed by atoms with Crippen LogP contribution in [0, 0.1) is 5.92 Å². The van der Waals surface area contributed by atoms with Crippen molar-refractivity contribution in [2.24, 2.45) is 5.92 Å². The molecule has 0 aliphatic carbocycles. The number of ether oxygens (including phenoxy) is 2. The Hall–Kier alpha value is -1.92. The predicted octanol–water partition coefficient (Wildman–Crippen LogP) is 2.52. The monoisotopic (exact) mass is 324 g/mol. The van der Waals surface area contributed by atoms with Crippen LogP contribution in [0.3, 0.4) is 0 Å². The number of pyridine rings is 1. The average molecular weight is 325 g/mol. The van der Waals surface area contributed by atoms with Crippen molar-refractivity contribution in [3.63, 3.8) is 0 Å². The van der Waals surface area contributed by atoms with E-state index in [1.165, 1.54) is 14.2 Å². The van der Waals surface area contributed by atoms with Crippen molar-refractivity contribution in [1.82, 2.24) is 9.61 Å². The van der Waals surface area contributed by atoms with Crippen LogP contribution >= 0.6 is 11.6 Å². The Bertz CT molecular complexity index is 711. The first-order chi connectivity index (χ1) is 10.5. The Labute approximate surface area is 133 Å². The lowest BCUT2D eigenvalue weighted by Gasteiger charge is -2.09. The topological polar surface area (TPSA) is 69.9 Å². The Morgan fingerprint density at radius 3 is 2.73 bits per heavy atom. The highest BCUT2D eigenvalue weighted by atomic mass is 35.5. The first-order valence-electron chi connectivity index (χ1n) is 6.74. The van der Waals surface area contributed by atoms with Crippen molar-refractivity contribution in [3.05, 3.63) is 34.6 Å². The summed E-state index contributed by atoms with van der Waals surface area (Å²) in [5.74, 6) is -1.10. The molecule has 0 amide bonds. The highest BCUT2D eigenvalue weighted by Gasteiger charge is 2.26. The number of carbonyl (C=O) groups is 2. The molecule has 2 heterocycles. The second-order valence-corrected chi connectivity index (χ2v) is 5.41. The van der Waals surface area contributed by atoms with Gasteiger partial charge in [0.05, 0.1) is 41.9 Å². The molecule has 0 radical (unpaired) electrons. The fourth-order valence-electron chi connectivity index (χ4n) is 2.25. The third-order valence-electron chi connectivity index (χ3n) is 3.34. The van der Waals surface area contributed by atoms with E-state index in [9.17, 15) is 9.59 Å². The number of rotatable bonds is 6. The molecule has 7 heteroatoms. The summed E-state index contributed by atoms with van der Waals surface area (Å²) in [6.07, 6.45) is 1.64. The van der Waals surface area contributed by atoms with Crippen LogP contribution in [0.5, 0.6) is 0 Å². The molecular formula is C15H17ClN2O4. The smallest absolute Gasteiger partial charge is 0.306 e. The van der Waals surface area contributed by atoms with E-state index in [-0.39, 0.29) is 18.8 Å². The minimum atomic E-state index is -0.508. The van der Waals surface area contributed by atoms with Crippen LogP contribution in [-0.2, 0) is 20.9 Å². The van der Waals surface area contributed by atoms with Gasteiger partial charge in [-0.2, -0.15) is 5.10 Å². The molecule has 118 valence electrons. The molecule has 0 saturated carbocycles. The average Bonchev–Trinajstić information content (AvgIpc) is 2.83. The molecule has 2 aromatic rings. The molecule has 6 nitrogen and oxygen atoms in total. The molecular weight excluding hydrogens is 308 g/mol. The van der Waals surface area contributed by atoms with Crippen molar-refractivity contribution < 1.29 is 19.1 Å². The number of esters is 1. The summed E-state index contributed by atoms with van der Waals surface area (Å²) in [7, 11) is 2.83. The number of halogens is 1. The van der Waals surface area contributed by atoms with E-state index in [0.29, 0.717) is 21.8 Å². The molecule has 22 heavy (non-hydrogen) atoms. The normalized spacial score (nSPS) is 12.4. The van der Waals surface area contributed by atoms with E-state index < -0.39 is 11.9 Å². The summed E-state index contributed by atoms with van der Waals surface area (Å²) in [6, 6.07) is 3.42. The van der Waals surface area contributed by atoms with Gasteiger partial charge in [-0.1, -0.05) is 18.5 Å². The first kappa shape index (κ1) is 16.5. The minimum absolute atomic E-state index is 0.0205. The fraction of sp³-hybridized carbons (Fsp3) is 0.400. The molecule has 1 unspecified atom stereocenters. The molecule has 1 atom stereocenters. The molecule has 0 aliphatic rings. The van der Waals surface area contributed by atoms with E-state index in [0.717, 1.165) is 0 Å². The third kappa shape index (κ3) is 3.28. The Balaban J connectivity index is 2.45. The number of ketones is 1. The highest BCUT2D eigenvalue weighted by molar-refractivity contribution is 6.30. The molecule has 0 spiro atoms. The zero-order valence-corrected chi connectivity index (χ0v) is 13.4. The van der Waals surface area contributed by atoms with E-state index in [1.807, 2.05) is 0 Å². The summed E-state index contributed by atoms with van der Waals surface area (Å²) >= 11 is 5.95. The fourth-order valence-corrected chi connectivity index (χ4v) is 2.41. The van der Waals surface area contributed by atoms with Crippen LogP contribution in [0.2, 0.25) is 5.02 Å². The largest absolute Gasteiger partial charge is 0.469 e. The van der Waals surface area contributed by atoms with Gasteiger partial charge in [0.2, 0.25) is 0 Å². The van der Waals surface area contributed by atoms with Crippen LogP contribution in [0.15, 0.2) is 18.3 Å². The zero-order chi connectivity index (χ0) is 16.3. The quantitative estimate of drug-likeness (QED) is 0.603. The molecule has 2 rings (SSSR count). The summed E-state index contributed by atoms with van der Waals surface area (Å²) in [4.78, 5) is 24.1. The number of hydrogen-bond donors (Lipinski definition) is 0. The second kappa shape index (κ2) is 6.89. The standard InChI is InChI=1S/C15H17ClN2O4/c1-9(6-13(19)22-3)15(20)14-11(8-21-2)17-18-7-10(16)4-5-12(14)18/h4-5,7,9H,6,8H2,1-3H3. The van der Waals surface area contributed by atoms with Gasteiger partial charge in [-0.3, -0.25) is 9.59 Å². The van der Waals surface area contributed by atoms with Crippen LogP contribution in [0.1, 0.15) is 29.4 Å². The number of fused-ring (bicyclic) bond motifs is 1.